The predicted molar refractivity (Wildman–Crippen MR) is 169 cm³/mol. The zero-order chi connectivity index (χ0) is 32.5. The Morgan fingerprint density at radius 3 is 2.34 bits per heavy atom. The lowest BCUT2D eigenvalue weighted by Crippen LogP contribution is -2.38. The molecule has 0 radical (unpaired) electrons. The quantitative estimate of drug-likeness (QED) is 0.329. The molecule has 1 fully saturated rings. The summed E-state index contributed by atoms with van der Waals surface area (Å²) in [5, 5.41) is 9.73. The minimum Gasteiger partial charge on any atom is -0.381 e. The fraction of sp³-hybridized carbons (Fsp3) is 0.657. The number of aromatic nitrogens is 1. The Morgan fingerprint density at radius 2 is 1.80 bits per heavy atom. The van der Waals surface area contributed by atoms with Gasteiger partial charge in [0.2, 0.25) is 0 Å². The van der Waals surface area contributed by atoms with Crippen LogP contribution < -0.4 is 0 Å². The molecule has 9 heteroatoms. The summed E-state index contributed by atoms with van der Waals surface area (Å²) >= 11 is 0. The molecule has 3 aliphatic rings. The summed E-state index contributed by atoms with van der Waals surface area (Å²) in [6, 6.07) is 5.62. The Hall–Kier alpha value is -2.12. The van der Waals surface area contributed by atoms with E-state index in [2.05, 4.69) is 61.6 Å². The van der Waals surface area contributed by atoms with Crippen LogP contribution in [-0.4, -0.2) is 35.0 Å². The van der Waals surface area contributed by atoms with Gasteiger partial charge in [0.25, 0.3) is 0 Å². The number of hydrogen-bond donors (Lipinski definition) is 0. The van der Waals surface area contributed by atoms with E-state index in [0.717, 1.165) is 52.7 Å². The molecule has 1 aromatic carbocycles. The minimum atomic E-state index is -4.62. The van der Waals surface area contributed by atoms with E-state index >= 15 is 0 Å². The normalized spacial score (nSPS) is 24.8. The summed E-state index contributed by atoms with van der Waals surface area (Å²) in [6.07, 6.45) is -0.298. The molecule has 1 aromatic heterocycles. The number of pyridine rings is 1. The van der Waals surface area contributed by atoms with E-state index in [1.165, 1.54) is 12.1 Å². The maximum atomic E-state index is 13.8. The summed E-state index contributed by atoms with van der Waals surface area (Å²) in [5.41, 5.74) is 3.57. The summed E-state index contributed by atoms with van der Waals surface area (Å²) in [5.74, 6) is 0.966. The Morgan fingerprint density at radius 1 is 1.14 bits per heavy atom. The van der Waals surface area contributed by atoms with Crippen molar-refractivity contribution >= 4 is 10.3 Å². The fourth-order valence-corrected chi connectivity index (χ4v) is 9.15. The van der Waals surface area contributed by atoms with Gasteiger partial charge in [-0.1, -0.05) is 61.5 Å². The van der Waals surface area contributed by atoms with Gasteiger partial charge in [-0.15, -0.1) is 10.3 Å². The lowest BCUT2D eigenvalue weighted by atomic mass is 9.70. The van der Waals surface area contributed by atoms with E-state index in [-0.39, 0.29) is 22.2 Å². The molecule has 0 bridgehead atoms. The van der Waals surface area contributed by atoms with Gasteiger partial charge in [-0.2, -0.15) is 18.4 Å². The first-order chi connectivity index (χ1) is 20.4. The van der Waals surface area contributed by atoms with E-state index in [1.54, 1.807) is 6.07 Å². The van der Waals surface area contributed by atoms with E-state index in [1.807, 2.05) is 0 Å². The molecule has 1 spiro atoms. The largest absolute Gasteiger partial charge is 0.417 e. The highest BCUT2D eigenvalue weighted by Gasteiger charge is 2.53. The number of fused-ring (bicyclic) bond motifs is 4. The standard InChI is InChI=1S/C35H47F3N2O3S/c1-10-44(9,32(4,5)6)43-26-19-33(7,8)18-25-27(26)29-28(30(40-25)21(2)3)31(42-34(29)13-15-41-16-14-34)22-11-12-24(35(36,37)38)23(17-22)20-39/h11-12,17,21,26,31H,10,13-16,18-19H2,1-9H3/t26-,31+/m0/s1. The van der Waals surface area contributed by atoms with Crippen LogP contribution in [0.2, 0.25) is 0 Å². The van der Waals surface area contributed by atoms with E-state index in [9.17, 15) is 18.4 Å². The Kier molecular flexibility index (Phi) is 8.53. The van der Waals surface area contributed by atoms with Crippen molar-refractivity contribution in [3.05, 3.63) is 63.0 Å². The third kappa shape index (κ3) is 5.70. The molecule has 2 aromatic rings. The molecule has 3 atom stereocenters. The van der Waals surface area contributed by atoms with E-state index in [4.69, 9.17) is 18.6 Å². The SMILES string of the molecule is CCS(C)(O[C@H]1CC(C)(C)Cc2nc(C(C)C)c3c(c21)C1(CCOCC1)O[C@@H]3c1ccc(C(F)(F)F)c(C#N)c1)C(C)(C)C. The zero-order valence-corrected chi connectivity index (χ0v) is 28.4. The average molecular weight is 633 g/mol. The number of benzene rings is 1. The Bertz CT molecular complexity index is 1470. The molecular formula is C35H47F3N2O3S. The molecule has 1 unspecified atom stereocenters. The van der Waals surface area contributed by atoms with Crippen LogP contribution in [0, 0.1) is 16.7 Å². The minimum absolute atomic E-state index is 0.0318. The second-order valence-electron chi connectivity index (χ2n) is 14.9. The van der Waals surface area contributed by atoms with Crippen molar-refractivity contribution in [2.75, 3.05) is 25.2 Å². The third-order valence-electron chi connectivity index (χ3n) is 9.94. The highest BCUT2D eigenvalue weighted by Crippen LogP contribution is 2.64. The van der Waals surface area contributed by atoms with Crippen LogP contribution in [0.5, 0.6) is 0 Å². The van der Waals surface area contributed by atoms with Gasteiger partial charge in [0.15, 0.2) is 0 Å². The van der Waals surface area contributed by atoms with Gasteiger partial charge in [0.1, 0.15) is 6.10 Å². The monoisotopic (exact) mass is 632 g/mol. The fourth-order valence-electron chi connectivity index (χ4n) is 7.19. The molecule has 5 rings (SSSR count). The van der Waals surface area contributed by atoms with Crippen molar-refractivity contribution in [2.24, 2.45) is 5.41 Å². The van der Waals surface area contributed by atoms with Gasteiger partial charge < -0.3 is 13.7 Å². The molecule has 242 valence electrons. The van der Waals surface area contributed by atoms with Crippen LogP contribution in [0.1, 0.15) is 138 Å². The lowest BCUT2D eigenvalue weighted by Gasteiger charge is -2.51. The zero-order valence-electron chi connectivity index (χ0n) is 27.6. The van der Waals surface area contributed by atoms with Crippen molar-refractivity contribution in [3.8, 4) is 6.07 Å². The van der Waals surface area contributed by atoms with Crippen LogP contribution in [-0.2, 0) is 31.9 Å². The van der Waals surface area contributed by atoms with Gasteiger partial charge in [-0.25, -0.2) is 0 Å². The molecule has 0 saturated carbocycles. The summed E-state index contributed by atoms with van der Waals surface area (Å²) < 4.78 is 61.5. The molecule has 1 saturated heterocycles. The van der Waals surface area contributed by atoms with Crippen molar-refractivity contribution in [2.45, 2.75) is 116 Å². The molecule has 2 aliphatic heterocycles. The highest BCUT2D eigenvalue weighted by molar-refractivity contribution is 8.30. The maximum absolute atomic E-state index is 13.8. The summed E-state index contributed by atoms with van der Waals surface area (Å²) in [6.45, 7) is 18.8. The van der Waals surface area contributed by atoms with Crippen molar-refractivity contribution in [3.63, 3.8) is 0 Å². The third-order valence-corrected chi connectivity index (χ3v) is 14.3. The first kappa shape index (κ1) is 33.2. The maximum Gasteiger partial charge on any atom is 0.417 e. The van der Waals surface area contributed by atoms with Crippen molar-refractivity contribution < 1.29 is 26.8 Å². The Labute approximate surface area is 262 Å². The van der Waals surface area contributed by atoms with Crippen LogP contribution in [0.3, 0.4) is 0 Å². The summed E-state index contributed by atoms with van der Waals surface area (Å²) in [4.78, 5) is 5.37. The van der Waals surface area contributed by atoms with E-state index in [0.29, 0.717) is 31.6 Å². The second-order valence-corrected chi connectivity index (χ2v) is 18.9. The van der Waals surface area contributed by atoms with Gasteiger partial charge in [-0.05, 0) is 59.4 Å². The Balaban J connectivity index is 1.80. The molecule has 0 N–H and O–H groups in total. The average Bonchev–Trinajstić information content (AvgIpc) is 3.24. The number of nitriles is 1. The number of alkyl halides is 3. The lowest BCUT2D eigenvalue weighted by molar-refractivity contribution is -0.138. The second kappa shape index (κ2) is 11.3. The first-order valence-corrected chi connectivity index (χ1v) is 17.9. The number of halogens is 3. The first-order valence-electron chi connectivity index (χ1n) is 15.7. The topological polar surface area (TPSA) is 64.4 Å². The highest BCUT2D eigenvalue weighted by atomic mass is 32.3. The molecule has 1 aliphatic carbocycles. The molecular weight excluding hydrogens is 585 g/mol. The van der Waals surface area contributed by atoms with Crippen LogP contribution in [0.15, 0.2) is 18.2 Å². The smallest absolute Gasteiger partial charge is 0.381 e. The van der Waals surface area contributed by atoms with Gasteiger partial charge in [0, 0.05) is 53.3 Å². The summed E-state index contributed by atoms with van der Waals surface area (Å²) in [7, 11) is -1.50. The van der Waals surface area contributed by atoms with Gasteiger partial charge in [-0.3, -0.25) is 4.98 Å². The molecule has 3 heterocycles. The molecule has 0 amide bonds. The van der Waals surface area contributed by atoms with Gasteiger partial charge >= 0.3 is 6.18 Å². The molecule has 5 nitrogen and oxygen atoms in total. The number of ether oxygens (including phenoxy) is 2. The van der Waals surface area contributed by atoms with Crippen molar-refractivity contribution in [1.29, 1.82) is 5.26 Å². The number of rotatable bonds is 5. The van der Waals surface area contributed by atoms with Crippen molar-refractivity contribution in [1.82, 2.24) is 4.98 Å². The number of hydrogen-bond acceptors (Lipinski definition) is 5. The van der Waals surface area contributed by atoms with Crippen LogP contribution in [0.4, 0.5) is 13.2 Å². The predicted octanol–water partition coefficient (Wildman–Crippen LogP) is 9.42. The van der Waals surface area contributed by atoms with Gasteiger partial charge in [0.05, 0.1) is 28.9 Å². The molecule has 44 heavy (non-hydrogen) atoms. The number of nitrogens with zero attached hydrogens (tertiary/aromatic N) is 2. The van der Waals surface area contributed by atoms with Crippen LogP contribution >= 0.6 is 10.3 Å². The van der Waals surface area contributed by atoms with Crippen LogP contribution in [0.25, 0.3) is 0 Å². The van der Waals surface area contributed by atoms with E-state index < -0.39 is 39.3 Å².